The highest BCUT2D eigenvalue weighted by atomic mass is 19.4. The molecule has 0 aromatic carbocycles. The first-order valence-electron chi connectivity index (χ1n) is 2.25. The van der Waals surface area contributed by atoms with E-state index in [1.807, 2.05) is 0 Å². The molecule has 8 heavy (non-hydrogen) atoms. The molecule has 0 fully saturated rings. The van der Waals surface area contributed by atoms with Gasteiger partial charge in [0.05, 0.1) is 0 Å². The van der Waals surface area contributed by atoms with Crippen molar-refractivity contribution in [3.8, 4) is 0 Å². The van der Waals surface area contributed by atoms with Crippen molar-refractivity contribution >= 4 is 7.11 Å². The van der Waals surface area contributed by atoms with E-state index in [-0.39, 0.29) is 0 Å². The number of hydrogen-bond acceptors (Lipinski definition) is 0. The molecule has 0 radical (unpaired) electrons. The number of hydrogen-bond donors (Lipinski definition) is 0. The summed E-state index contributed by atoms with van der Waals surface area (Å²) in [5, 5.41) is 0. The van der Waals surface area contributed by atoms with Gasteiger partial charge in [-0.05, 0) is 0 Å². The number of rotatable bonds is 1. The molecule has 5 heteroatoms. The Morgan fingerprint density at radius 2 is 1.12 bits per heavy atom. The van der Waals surface area contributed by atoms with Gasteiger partial charge in [-0.2, -0.15) is 0 Å². The van der Waals surface area contributed by atoms with E-state index in [1.165, 1.54) is 0 Å². The summed E-state index contributed by atoms with van der Waals surface area (Å²) in [4.78, 5) is 0. The summed E-state index contributed by atoms with van der Waals surface area (Å²) in [5.74, 6) is 0. The van der Waals surface area contributed by atoms with E-state index in [0.717, 1.165) is 21.1 Å². The molecule has 0 unspecified atom stereocenters. The van der Waals surface area contributed by atoms with Gasteiger partial charge in [-0.3, -0.25) is 0 Å². The second-order valence-electron chi connectivity index (χ2n) is 2.66. The van der Waals surface area contributed by atoms with Gasteiger partial charge in [-0.25, -0.2) is 0 Å². The van der Waals surface area contributed by atoms with Gasteiger partial charge in [0.15, 0.2) is 0 Å². The van der Waals surface area contributed by atoms with Crippen molar-refractivity contribution in [3.05, 3.63) is 0 Å². The van der Waals surface area contributed by atoms with Gasteiger partial charge < -0.3 is 17.3 Å². The monoisotopic (exact) mass is 127 g/mol. The summed E-state index contributed by atoms with van der Waals surface area (Å²) in [5.41, 5.74) is 0. The summed E-state index contributed by atoms with van der Waals surface area (Å²) in [6, 6.07) is 0. The molecule has 1 nitrogen and oxygen atoms in total. The highest BCUT2D eigenvalue weighted by molar-refractivity contribution is 6.50. The van der Waals surface area contributed by atoms with Crippen molar-refractivity contribution in [2.45, 2.75) is 0 Å². The Balaban J connectivity index is 4.02. The van der Waals surface area contributed by atoms with Gasteiger partial charge in [-0.15, -0.1) is 0 Å². The van der Waals surface area contributed by atoms with Crippen molar-refractivity contribution in [1.82, 2.24) is 0 Å². The lowest BCUT2D eigenvalue weighted by Crippen LogP contribution is -2.52. The molecule has 0 spiro atoms. The van der Waals surface area contributed by atoms with Gasteiger partial charge in [0.1, 0.15) is 0 Å². The van der Waals surface area contributed by atoms with Crippen LogP contribution in [0.25, 0.3) is 0 Å². The first kappa shape index (κ1) is 7.81. The fraction of sp³-hybridized carbons (Fsp3) is 1.00. The fourth-order valence-corrected chi connectivity index (χ4v) is 0. The third-order valence-electron chi connectivity index (χ3n) is 0.878. The Kier molecular flexibility index (Phi) is 1.61. The quantitative estimate of drug-likeness (QED) is 0.461. The first-order valence-corrected chi connectivity index (χ1v) is 2.25. The summed E-state index contributed by atoms with van der Waals surface area (Å²) in [6.07, 6.45) is 0. The molecule has 50 valence electrons. The molecular formula is C3H9BF3N. The van der Waals surface area contributed by atoms with Gasteiger partial charge in [0.25, 0.3) is 0 Å². The first-order chi connectivity index (χ1) is 3.25. The maximum atomic E-state index is 11.6. The molecule has 0 amide bonds. The van der Waals surface area contributed by atoms with E-state index in [4.69, 9.17) is 0 Å². The number of nitrogens with zero attached hydrogens (tertiary/aromatic N) is 1. The number of quaternary nitrogens is 1. The smallest absolute Gasteiger partial charge is 0.430 e. The average Bonchev–Trinajstić information content (AvgIpc) is 1.25. The lowest BCUT2D eigenvalue weighted by molar-refractivity contribution is -0.788. The topological polar surface area (TPSA) is 0 Å². The number of halogens is 3. The summed E-state index contributed by atoms with van der Waals surface area (Å²) >= 11 is 0. The molecule has 0 N–H and O–H groups in total. The predicted molar refractivity (Wildman–Crippen MR) is 27.1 cm³/mol. The van der Waals surface area contributed by atoms with Crippen LogP contribution in [0.4, 0.5) is 12.9 Å². The van der Waals surface area contributed by atoms with Crippen LogP contribution >= 0.6 is 0 Å². The van der Waals surface area contributed by atoms with E-state index in [9.17, 15) is 12.9 Å². The molecule has 0 aromatic rings. The molecule has 0 saturated heterocycles. The SMILES string of the molecule is C[N+](C)(C)[B-](F)(F)F. The van der Waals surface area contributed by atoms with Crippen molar-refractivity contribution in [1.29, 1.82) is 0 Å². The maximum absolute atomic E-state index is 11.6. The summed E-state index contributed by atoms with van der Waals surface area (Å²) < 4.78 is 33.9. The zero-order chi connectivity index (χ0) is 7.00. The highest BCUT2D eigenvalue weighted by Crippen LogP contribution is 2.16. The third-order valence-corrected chi connectivity index (χ3v) is 0.878. The van der Waals surface area contributed by atoms with E-state index in [2.05, 4.69) is 0 Å². The normalized spacial score (nSPS) is 14.2. The molecule has 0 heterocycles. The van der Waals surface area contributed by atoms with Crippen LogP contribution < -0.4 is 0 Å². The Labute approximate surface area is 46.8 Å². The van der Waals surface area contributed by atoms with Gasteiger partial charge >= 0.3 is 7.11 Å². The lowest BCUT2D eigenvalue weighted by atomic mass is 10.1. The Morgan fingerprint density at radius 1 is 1.00 bits per heavy atom. The Hall–Kier alpha value is -0.185. The highest BCUT2D eigenvalue weighted by Gasteiger charge is 2.43. The maximum Gasteiger partial charge on any atom is 0.732 e. The van der Waals surface area contributed by atoms with Crippen molar-refractivity contribution < 1.29 is 17.3 Å². The molecule has 0 aliphatic rings. The zero-order valence-corrected chi connectivity index (χ0v) is 5.16. The molecule has 0 aromatic heterocycles. The van der Waals surface area contributed by atoms with Crippen LogP contribution in [0.3, 0.4) is 0 Å². The minimum absolute atomic E-state index is 0.917. The van der Waals surface area contributed by atoms with Crippen LogP contribution in [0, 0.1) is 0 Å². The lowest BCUT2D eigenvalue weighted by Gasteiger charge is -2.34. The predicted octanol–water partition coefficient (Wildman–Crippen LogP) is 1.04. The molecule has 0 saturated carbocycles. The minimum Gasteiger partial charge on any atom is -0.430 e. The van der Waals surface area contributed by atoms with E-state index < -0.39 is 11.5 Å². The second kappa shape index (κ2) is 1.65. The summed E-state index contributed by atoms with van der Waals surface area (Å²) in [6.45, 7) is 0. The van der Waals surface area contributed by atoms with Crippen molar-refractivity contribution in [2.24, 2.45) is 0 Å². The average molecular weight is 127 g/mol. The van der Waals surface area contributed by atoms with E-state index in [1.54, 1.807) is 0 Å². The molecule has 0 bridgehead atoms. The van der Waals surface area contributed by atoms with Crippen LogP contribution in [0.1, 0.15) is 0 Å². The van der Waals surface area contributed by atoms with E-state index >= 15 is 0 Å². The zero-order valence-electron chi connectivity index (χ0n) is 5.16. The fourth-order valence-electron chi connectivity index (χ4n) is 0. The van der Waals surface area contributed by atoms with Crippen LogP contribution in [0.15, 0.2) is 0 Å². The molecular weight excluding hydrogens is 118 g/mol. The van der Waals surface area contributed by atoms with Crippen LogP contribution in [0.5, 0.6) is 0 Å². The van der Waals surface area contributed by atoms with Crippen molar-refractivity contribution in [2.75, 3.05) is 21.1 Å². The molecule has 0 aliphatic carbocycles. The van der Waals surface area contributed by atoms with Gasteiger partial charge in [0.2, 0.25) is 0 Å². The van der Waals surface area contributed by atoms with Gasteiger partial charge in [-0.1, -0.05) is 0 Å². The van der Waals surface area contributed by atoms with Crippen LogP contribution in [-0.2, 0) is 0 Å². The van der Waals surface area contributed by atoms with E-state index in [0.29, 0.717) is 0 Å². The molecule has 0 aliphatic heterocycles. The molecule has 0 atom stereocenters. The van der Waals surface area contributed by atoms with Gasteiger partial charge in [0, 0.05) is 21.1 Å². The third kappa shape index (κ3) is 1.73. The van der Waals surface area contributed by atoms with Crippen LogP contribution in [-0.4, -0.2) is 32.6 Å². The Morgan fingerprint density at radius 3 is 1.12 bits per heavy atom. The standard InChI is InChI=1S/C3H9BF3N/c1-8(2,3)4(5,6)7/h1-3H3. The van der Waals surface area contributed by atoms with Crippen LogP contribution in [0.2, 0.25) is 0 Å². The summed E-state index contributed by atoms with van der Waals surface area (Å²) in [7, 11) is -1.38. The molecule has 0 rings (SSSR count). The minimum atomic E-state index is -4.71. The second-order valence-corrected chi connectivity index (χ2v) is 2.66. The largest absolute Gasteiger partial charge is 0.732 e. The van der Waals surface area contributed by atoms with Crippen molar-refractivity contribution in [3.63, 3.8) is 0 Å². The Bertz CT molecular complexity index is 69.5.